The molecule has 13 aromatic carbocycles. The van der Waals surface area contributed by atoms with Gasteiger partial charge in [-0.05, 0) is 164 Å². The summed E-state index contributed by atoms with van der Waals surface area (Å²) in [5.74, 6) is 0. The van der Waals surface area contributed by atoms with Crippen LogP contribution in [0.4, 0.5) is 34.1 Å². The van der Waals surface area contributed by atoms with Gasteiger partial charge in [0.1, 0.15) is 0 Å². The molecule has 0 fully saturated rings. The Bertz CT molecular complexity index is 3920. The third-order valence-electron chi connectivity index (χ3n) is 15.1. The number of benzene rings is 13. The second-order valence-electron chi connectivity index (χ2n) is 18.9. The summed E-state index contributed by atoms with van der Waals surface area (Å²) in [6.45, 7) is -0.0339. The molecule has 3 heteroatoms. The number of anilines is 6. The van der Waals surface area contributed by atoms with Crippen LogP contribution in [-0.2, 0) is 0 Å². The van der Waals surface area contributed by atoms with Crippen molar-refractivity contribution in [1.29, 1.82) is 0 Å². The molecule has 0 radical (unpaired) electrons. The highest BCUT2D eigenvalue weighted by Gasteiger charge is 2.44. The van der Waals surface area contributed by atoms with Crippen LogP contribution in [0, 0.1) is 0 Å². The van der Waals surface area contributed by atoms with Crippen LogP contribution in [0.3, 0.4) is 0 Å². The third kappa shape index (κ3) is 5.87. The summed E-state index contributed by atoms with van der Waals surface area (Å²) in [6.07, 6.45) is 0. The van der Waals surface area contributed by atoms with Crippen LogP contribution in [0.1, 0.15) is 0 Å². The number of hydrogen-bond acceptors (Lipinski definition) is 2. The Morgan fingerprint density at radius 1 is 0.232 bits per heavy atom. The highest BCUT2D eigenvalue weighted by molar-refractivity contribution is 7.00. The smallest absolute Gasteiger partial charge is 0.252 e. The highest BCUT2D eigenvalue weighted by Crippen LogP contribution is 2.48. The number of hydrogen-bond donors (Lipinski definition) is 0. The summed E-state index contributed by atoms with van der Waals surface area (Å²) in [5, 5.41) is 12.7. The molecule has 15 rings (SSSR count). The van der Waals surface area contributed by atoms with Crippen molar-refractivity contribution in [3.05, 3.63) is 249 Å². The molecule has 0 saturated carbocycles. The maximum absolute atomic E-state index is 2.56. The monoisotopic (exact) mass is 872 g/mol. The van der Waals surface area contributed by atoms with Gasteiger partial charge in [0.25, 0.3) is 6.71 Å². The van der Waals surface area contributed by atoms with E-state index in [0.717, 1.165) is 11.4 Å². The van der Waals surface area contributed by atoms with Crippen LogP contribution in [0.5, 0.6) is 0 Å². The molecule has 0 unspecified atom stereocenters. The van der Waals surface area contributed by atoms with E-state index in [1.807, 2.05) is 0 Å². The molecule has 0 bridgehead atoms. The zero-order valence-corrected chi connectivity index (χ0v) is 37.6. The van der Waals surface area contributed by atoms with E-state index in [4.69, 9.17) is 0 Å². The Morgan fingerprint density at radius 3 is 1.06 bits per heavy atom. The largest absolute Gasteiger partial charge is 0.311 e. The number of nitrogens with zero attached hydrogens (tertiary/aromatic N) is 2. The Labute approximate surface area is 401 Å². The fourth-order valence-corrected chi connectivity index (χ4v) is 11.9. The summed E-state index contributed by atoms with van der Waals surface area (Å²) in [6, 6.07) is 93.1. The van der Waals surface area contributed by atoms with Gasteiger partial charge in [0.2, 0.25) is 0 Å². The van der Waals surface area contributed by atoms with Crippen molar-refractivity contribution in [2.75, 3.05) is 9.80 Å². The zero-order valence-electron chi connectivity index (χ0n) is 37.6. The molecule has 2 nitrogen and oxygen atoms in total. The topological polar surface area (TPSA) is 6.48 Å². The lowest BCUT2D eigenvalue weighted by Gasteiger charge is -2.44. The average molecular weight is 873 g/mol. The average Bonchev–Trinajstić information content (AvgIpc) is 3.41. The van der Waals surface area contributed by atoms with Crippen molar-refractivity contribution in [2.45, 2.75) is 0 Å². The van der Waals surface area contributed by atoms with Crippen LogP contribution in [0.2, 0.25) is 0 Å². The molecule has 0 aliphatic carbocycles. The van der Waals surface area contributed by atoms with Gasteiger partial charge in [0, 0.05) is 34.1 Å². The molecule has 2 heterocycles. The van der Waals surface area contributed by atoms with Crippen LogP contribution >= 0.6 is 0 Å². The van der Waals surface area contributed by atoms with Crippen LogP contribution in [0.15, 0.2) is 249 Å². The zero-order chi connectivity index (χ0) is 45.2. The molecule has 0 spiro atoms. The van der Waals surface area contributed by atoms with Crippen molar-refractivity contribution >= 4 is 111 Å². The summed E-state index contributed by atoms with van der Waals surface area (Å²) < 4.78 is 0. The van der Waals surface area contributed by atoms with Gasteiger partial charge in [0.05, 0.1) is 0 Å². The van der Waals surface area contributed by atoms with Gasteiger partial charge in [-0.25, -0.2) is 0 Å². The van der Waals surface area contributed by atoms with Gasteiger partial charge in [-0.3, -0.25) is 0 Å². The lowest BCUT2D eigenvalue weighted by Crippen LogP contribution is -2.61. The van der Waals surface area contributed by atoms with E-state index in [9.17, 15) is 0 Å². The minimum atomic E-state index is -0.0339. The number of rotatable bonds is 5. The van der Waals surface area contributed by atoms with E-state index in [-0.39, 0.29) is 6.71 Å². The van der Waals surface area contributed by atoms with Gasteiger partial charge >= 0.3 is 0 Å². The van der Waals surface area contributed by atoms with E-state index in [2.05, 4.69) is 259 Å². The summed E-state index contributed by atoms with van der Waals surface area (Å²) in [5.41, 5.74) is 18.2. The second kappa shape index (κ2) is 14.8. The summed E-state index contributed by atoms with van der Waals surface area (Å²) in [7, 11) is 0. The minimum Gasteiger partial charge on any atom is -0.311 e. The molecular weight excluding hydrogens is 832 g/mol. The lowest BCUT2D eigenvalue weighted by molar-refractivity contribution is 1.26. The number of fused-ring (bicyclic) bond motifs is 6. The van der Waals surface area contributed by atoms with Crippen LogP contribution < -0.4 is 26.2 Å². The molecular formula is C66H41BN2. The van der Waals surface area contributed by atoms with Gasteiger partial charge < -0.3 is 9.80 Å². The normalized spacial score (nSPS) is 12.8. The van der Waals surface area contributed by atoms with Crippen LogP contribution in [0.25, 0.3) is 87.2 Å². The van der Waals surface area contributed by atoms with E-state index in [0.29, 0.717) is 0 Å². The van der Waals surface area contributed by atoms with Crippen LogP contribution in [-0.4, -0.2) is 6.71 Å². The Balaban J connectivity index is 1.04. The first-order chi connectivity index (χ1) is 34.2. The Kier molecular flexibility index (Phi) is 8.19. The van der Waals surface area contributed by atoms with Gasteiger partial charge in [-0.1, -0.05) is 188 Å². The Hall–Kier alpha value is -8.92. The molecule has 0 aromatic heterocycles. The van der Waals surface area contributed by atoms with Crippen molar-refractivity contribution in [3.8, 4) is 33.4 Å². The molecule has 318 valence electrons. The standard InChI is InChI=1S/C66H41BN2/c1-3-12-42(13-4-1)44-26-30-56(31-27-44)68-60-38-50-18-9-7-16-48(50)36-58(60)67-59-37-49-17-8-10-19-51(49)39-61(59)69(57-32-28-45(29-33-57)43-14-5-2-6-15-43)63-41-55(40-62(68)66(63)67)54-34-52-24-22-46-20-11-21-47-23-25-53(35-54)65(52)64(46)47/h1-41H. The van der Waals surface area contributed by atoms with E-state index in [1.165, 1.54) is 126 Å². The SMILES string of the molecule is c1ccc(-c2ccc(N3c4cc5ccccc5cc4B4c5cc6ccccc6cc5N(c5ccc(-c6ccccc6)cc5)c5cc(-c6cc7ccc8cccc9ccc(c6)c7c89)cc3c54)cc2)cc1. The quantitative estimate of drug-likeness (QED) is 0.126. The molecule has 0 atom stereocenters. The molecule has 0 amide bonds. The minimum absolute atomic E-state index is 0.0339. The predicted molar refractivity (Wildman–Crippen MR) is 295 cm³/mol. The molecule has 2 aliphatic heterocycles. The van der Waals surface area contributed by atoms with Gasteiger partial charge in [-0.2, -0.15) is 0 Å². The van der Waals surface area contributed by atoms with Crippen molar-refractivity contribution in [1.82, 2.24) is 0 Å². The van der Waals surface area contributed by atoms with E-state index in [1.54, 1.807) is 0 Å². The first-order valence-corrected chi connectivity index (χ1v) is 24.0. The fraction of sp³-hybridized carbons (Fsp3) is 0. The molecule has 0 saturated heterocycles. The molecule has 13 aromatic rings. The van der Waals surface area contributed by atoms with Crippen molar-refractivity contribution in [3.63, 3.8) is 0 Å². The Morgan fingerprint density at radius 2 is 0.594 bits per heavy atom. The van der Waals surface area contributed by atoms with Crippen molar-refractivity contribution < 1.29 is 0 Å². The maximum Gasteiger partial charge on any atom is 0.252 e. The van der Waals surface area contributed by atoms with Gasteiger partial charge in [0.15, 0.2) is 0 Å². The third-order valence-corrected chi connectivity index (χ3v) is 15.1. The van der Waals surface area contributed by atoms with E-state index < -0.39 is 0 Å². The first-order valence-electron chi connectivity index (χ1n) is 24.0. The summed E-state index contributed by atoms with van der Waals surface area (Å²) >= 11 is 0. The first kappa shape index (κ1) is 38.2. The van der Waals surface area contributed by atoms with E-state index >= 15 is 0 Å². The van der Waals surface area contributed by atoms with Gasteiger partial charge in [-0.15, -0.1) is 0 Å². The molecule has 0 N–H and O–H groups in total. The molecule has 2 aliphatic rings. The second-order valence-corrected chi connectivity index (χ2v) is 18.9. The highest BCUT2D eigenvalue weighted by atomic mass is 15.2. The maximum atomic E-state index is 2.56. The summed E-state index contributed by atoms with van der Waals surface area (Å²) in [4.78, 5) is 5.12. The molecule has 69 heavy (non-hydrogen) atoms. The lowest BCUT2D eigenvalue weighted by atomic mass is 9.33. The van der Waals surface area contributed by atoms with Crippen molar-refractivity contribution in [2.24, 2.45) is 0 Å². The predicted octanol–water partition coefficient (Wildman–Crippen LogP) is 16.0. The fourth-order valence-electron chi connectivity index (χ4n) is 11.9.